The second-order valence-corrected chi connectivity index (χ2v) is 8.36. The number of halogens is 4. The van der Waals surface area contributed by atoms with Crippen LogP contribution in [0.4, 0.5) is 5.69 Å². The second-order valence-electron chi connectivity index (χ2n) is 6.71. The number of benzene rings is 3. The number of nitrogens with one attached hydrogen (secondary N) is 2. The molecule has 0 aliphatic carbocycles. The molecule has 0 fully saturated rings. The van der Waals surface area contributed by atoms with Gasteiger partial charge in [0, 0.05) is 10.7 Å². The number of anilines is 1. The van der Waals surface area contributed by atoms with Gasteiger partial charge in [0.15, 0.2) is 11.5 Å². The minimum Gasteiger partial charge on any atom is -0.493 e. The molecule has 180 valence electrons. The highest BCUT2D eigenvalue weighted by Crippen LogP contribution is 2.30. The quantitative estimate of drug-likeness (QED) is 0.135. The normalized spacial score (nSPS) is 10.7. The van der Waals surface area contributed by atoms with Gasteiger partial charge in [-0.15, -0.1) is 0 Å². The van der Waals surface area contributed by atoms with Crippen LogP contribution in [0.3, 0.4) is 0 Å². The largest absolute Gasteiger partial charge is 0.493 e. The van der Waals surface area contributed by atoms with E-state index < -0.39 is 17.8 Å². The monoisotopic (exact) mass is 553 g/mol. The van der Waals surface area contributed by atoms with Crippen LogP contribution in [0, 0.1) is 0 Å². The smallest absolute Gasteiger partial charge is 0.345 e. The molecule has 0 aromatic heterocycles. The van der Waals surface area contributed by atoms with Gasteiger partial charge in [0.2, 0.25) is 0 Å². The van der Waals surface area contributed by atoms with Crippen LogP contribution in [-0.4, -0.2) is 31.1 Å². The molecule has 0 spiro atoms. The van der Waals surface area contributed by atoms with E-state index in [-0.39, 0.29) is 27.1 Å². The molecule has 3 aromatic rings. The van der Waals surface area contributed by atoms with Crippen molar-refractivity contribution in [2.75, 3.05) is 12.4 Å². The fourth-order valence-corrected chi connectivity index (χ4v) is 3.42. The topological polar surface area (TPSA) is 106 Å². The summed E-state index contributed by atoms with van der Waals surface area (Å²) in [6.07, 6.45) is 1.27. The number of carbonyl (C=O) groups is 3. The first-order chi connectivity index (χ1) is 16.7. The maximum Gasteiger partial charge on any atom is 0.345 e. The molecule has 0 saturated carbocycles. The molecule has 8 nitrogen and oxygen atoms in total. The number of amides is 2. The highest BCUT2D eigenvalue weighted by molar-refractivity contribution is 6.43. The molecule has 0 aliphatic rings. The van der Waals surface area contributed by atoms with Crippen LogP contribution in [0.1, 0.15) is 15.9 Å². The average Bonchev–Trinajstić information content (AvgIpc) is 2.82. The van der Waals surface area contributed by atoms with E-state index >= 15 is 0 Å². The third-order valence-corrected chi connectivity index (χ3v) is 5.59. The lowest BCUT2D eigenvalue weighted by Crippen LogP contribution is -2.32. The van der Waals surface area contributed by atoms with Crippen molar-refractivity contribution in [3.8, 4) is 11.5 Å². The highest BCUT2D eigenvalue weighted by atomic mass is 35.5. The minimum atomic E-state index is -1.01. The maximum atomic E-state index is 12.4. The second kappa shape index (κ2) is 11.9. The average molecular weight is 555 g/mol. The van der Waals surface area contributed by atoms with Crippen LogP contribution in [0.25, 0.3) is 0 Å². The zero-order valence-electron chi connectivity index (χ0n) is 17.8. The third-order valence-electron chi connectivity index (χ3n) is 4.30. The molecule has 2 amide bonds. The summed E-state index contributed by atoms with van der Waals surface area (Å²) >= 11 is 23.6. The lowest BCUT2D eigenvalue weighted by Gasteiger charge is -2.10. The fraction of sp³-hybridized carbons (Fsp3) is 0.0435. The first kappa shape index (κ1) is 26.3. The van der Waals surface area contributed by atoms with Crippen molar-refractivity contribution in [2.24, 2.45) is 5.10 Å². The van der Waals surface area contributed by atoms with E-state index in [4.69, 9.17) is 55.9 Å². The third kappa shape index (κ3) is 7.10. The van der Waals surface area contributed by atoms with E-state index in [1.54, 1.807) is 6.07 Å². The Morgan fingerprint density at radius 2 is 1.60 bits per heavy atom. The van der Waals surface area contributed by atoms with Gasteiger partial charge >= 0.3 is 17.8 Å². The van der Waals surface area contributed by atoms with Crippen molar-refractivity contribution in [3.05, 3.63) is 85.8 Å². The number of hydrazone groups is 1. The Morgan fingerprint density at radius 3 is 2.29 bits per heavy atom. The number of hydrogen-bond donors (Lipinski definition) is 2. The van der Waals surface area contributed by atoms with Gasteiger partial charge in [-0.2, -0.15) is 5.10 Å². The molecular weight excluding hydrogens is 540 g/mol. The van der Waals surface area contributed by atoms with E-state index in [0.29, 0.717) is 21.3 Å². The SMILES string of the molecule is COc1cc(/C=N/NC(=O)C(=O)Nc2ccc(Cl)c(Cl)c2)ccc1OC(=O)c1ccc(Cl)cc1Cl. The van der Waals surface area contributed by atoms with Crippen LogP contribution in [0.2, 0.25) is 20.1 Å². The summed E-state index contributed by atoms with van der Waals surface area (Å²) in [5.41, 5.74) is 3.00. The standard InChI is InChI=1S/C23H15Cl4N3O5/c1-34-20-8-12(2-7-19(20)35-23(33)15-5-3-13(24)9-17(15)26)11-28-30-22(32)21(31)29-14-4-6-16(25)18(27)10-14/h2-11H,1H3,(H,29,31)(H,30,32)/b28-11+. The summed E-state index contributed by atoms with van der Waals surface area (Å²) in [7, 11) is 1.39. The van der Waals surface area contributed by atoms with Gasteiger partial charge in [-0.3, -0.25) is 9.59 Å². The number of esters is 1. The predicted octanol–water partition coefficient (Wildman–Crippen LogP) is 5.62. The zero-order chi connectivity index (χ0) is 25.5. The van der Waals surface area contributed by atoms with Crippen molar-refractivity contribution >= 4 is 76.1 Å². The summed E-state index contributed by atoms with van der Waals surface area (Å²) in [5, 5.41) is 7.17. The molecule has 0 heterocycles. The van der Waals surface area contributed by atoms with Crippen molar-refractivity contribution in [3.63, 3.8) is 0 Å². The molecule has 0 aliphatic heterocycles. The first-order valence-corrected chi connectivity index (χ1v) is 11.1. The van der Waals surface area contributed by atoms with Crippen molar-refractivity contribution in [1.82, 2.24) is 5.43 Å². The molecule has 0 radical (unpaired) electrons. The van der Waals surface area contributed by atoms with Gasteiger partial charge in [0.05, 0.1) is 34.0 Å². The Kier molecular flexibility index (Phi) is 8.95. The van der Waals surface area contributed by atoms with Gasteiger partial charge in [-0.05, 0) is 60.2 Å². The zero-order valence-corrected chi connectivity index (χ0v) is 20.8. The summed E-state index contributed by atoms with van der Waals surface area (Å²) in [6, 6.07) is 13.3. The van der Waals surface area contributed by atoms with E-state index in [9.17, 15) is 14.4 Å². The summed E-state index contributed by atoms with van der Waals surface area (Å²) in [5.74, 6) is -2.32. The van der Waals surface area contributed by atoms with Crippen LogP contribution < -0.4 is 20.2 Å². The molecule has 2 N–H and O–H groups in total. The lowest BCUT2D eigenvalue weighted by atomic mass is 10.2. The molecule has 35 heavy (non-hydrogen) atoms. The van der Waals surface area contributed by atoms with Crippen molar-refractivity contribution in [1.29, 1.82) is 0 Å². The number of ether oxygens (including phenoxy) is 2. The Hall–Kier alpha value is -3.30. The van der Waals surface area contributed by atoms with Gasteiger partial charge in [-0.25, -0.2) is 10.2 Å². The van der Waals surface area contributed by atoms with Crippen LogP contribution in [-0.2, 0) is 9.59 Å². The molecule has 0 unspecified atom stereocenters. The van der Waals surface area contributed by atoms with Crippen LogP contribution in [0.15, 0.2) is 59.7 Å². The van der Waals surface area contributed by atoms with Crippen LogP contribution in [0.5, 0.6) is 11.5 Å². The summed E-state index contributed by atoms with van der Waals surface area (Å²) in [6.45, 7) is 0. The van der Waals surface area contributed by atoms with Crippen molar-refractivity contribution in [2.45, 2.75) is 0 Å². The Labute approximate surface area is 219 Å². The van der Waals surface area contributed by atoms with Gasteiger partial charge in [0.1, 0.15) is 0 Å². The van der Waals surface area contributed by atoms with E-state index in [2.05, 4.69) is 15.8 Å². The number of carbonyl (C=O) groups excluding carboxylic acids is 3. The number of methoxy groups -OCH3 is 1. The Morgan fingerprint density at radius 1 is 0.829 bits per heavy atom. The summed E-state index contributed by atoms with van der Waals surface area (Å²) < 4.78 is 10.6. The Bertz CT molecular complexity index is 1330. The van der Waals surface area contributed by atoms with E-state index in [0.717, 1.165) is 0 Å². The van der Waals surface area contributed by atoms with Crippen LogP contribution >= 0.6 is 46.4 Å². The van der Waals surface area contributed by atoms with Crippen molar-refractivity contribution < 1.29 is 23.9 Å². The minimum absolute atomic E-state index is 0.130. The molecule has 3 aromatic carbocycles. The van der Waals surface area contributed by atoms with E-state index in [1.165, 1.54) is 61.9 Å². The molecule has 12 heteroatoms. The molecule has 3 rings (SSSR count). The molecule has 0 atom stereocenters. The Balaban J connectivity index is 1.62. The van der Waals surface area contributed by atoms with Gasteiger partial charge in [-0.1, -0.05) is 46.4 Å². The van der Waals surface area contributed by atoms with Gasteiger partial charge < -0.3 is 14.8 Å². The maximum absolute atomic E-state index is 12.4. The summed E-state index contributed by atoms with van der Waals surface area (Å²) in [4.78, 5) is 36.4. The highest BCUT2D eigenvalue weighted by Gasteiger charge is 2.17. The van der Waals surface area contributed by atoms with E-state index in [1.807, 2.05) is 0 Å². The molecule has 0 bridgehead atoms. The van der Waals surface area contributed by atoms with Gasteiger partial charge in [0.25, 0.3) is 0 Å². The number of rotatable bonds is 6. The first-order valence-electron chi connectivity index (χ1n) is 9.62. The fourth-order valence-electron chi connectivity index (χ4n) is 2.64. The number of nitrogens with zero attached hydrogens (tertiary/aromatic N) is 1. The predicted molar refractivity (Wildman–Crippen MR) is 135 cm³/mol. The number of hydrogen-bond acceptors (Lipinski definition) is 6. The molecular formula is C23H15Cl4N3O5. The lowest BCUT2D eigenvalue weighted by molar-refractivity contribution is -0.136. The molecule has 0 saturated heterocycles.